The monoisotopic (exact) mass is 331 g/mol. The minimum atomic E-state index is -0.182. The molecule has 1 aromatic rings. The van der Waals surface area contributed by atoms with Crippen LogP contribution in [0, 0.1) is 11.7 Å². The van der Waals surface area contributed by atoms with Gasteiger partial charge in [0.05, 0.1) is 0 Å². The number of rotatable bonds is 3. The van der Waals surface area contributed by atoms with Crippen molar-refractivity contribution in [3.63, 3.8) is 0 Å². The Kier molecular flexibility index (Phi) is 4.44. The highest BCUT2D eigenvalue weighted by molar-refractivity contribution is 5.80. The molecule has 1 saturated carbocycles. The second-order valence-corrected chi connectivity index (χ2v) is 7.38. The van der Waals surface area contributed by atoms with Crippen LogP contribution < -0.4 is 4.90 Å². The molecule has 0 radical (unpaired) electrons. The molecule has 1 aromatic carbocycles. The van der Waals surface area contributed by atoms with Crippen LogP contribution in [0.4, 0.5) is 10.1 Å². The molecule has 0 N–H and O–H groups in total. The summed E-state index contributed by atoms with van der Waals surface area (Å²) in [6.07, 6.45) is 4.63. The summed E-state index contributed by atoms with van der Waals surface area (Å²) in [6, 6.07) is 7.30. The maximum Gasteiger partial charge on any atom is 0.225 e. The van der Waals surface area contributed by atoms with E-state index >= 15 is 0 Å². The number of piperazine rings is 1. The molecule has 3 fully saturated rings. The first-order valence-corrected chi connectivity index (χ1v) is 9.24. The summed E-state index contributed by atoms with van der Waals surface area (Å²) in [5.74, 6) is 0.522. The lowest BCUT2D eigenvalue weighted by Crippen LogP contribution is -2.64. The summed E-state index contributed by atoms with van der Waals surface area (Å²) < 4.78 is 13.0. The number of anilines is 1. The maximum atomic E-state index is 13.0. The van der Waals surface area contributed by atoms with E-state index < -0.39 is 0 Å². The Morgan fingerprint density at radius 3 is 2.21 bits per heavy atom. The average molecular weight is 331 g/mol. The Labute approximate surface area is 143 Å². The molecule has 4 rings (SSSR count). The fraction of sp³-hybridized carbons (Fsp3) is 0.632. The highest BCUT2D eigenvalue weighted by Crippen LogP contribution is 2.29. The molecule has 2 heterocycles. The van der Waals surface area contributed by atoms with Crippen LogP contribution in [0.5, 0.6) is 0 Å². The summed E-state index contributed by atoms with van der Waals surface area (Å²) >= 11 is 0. The molecule has 1 aliphatic carbocycles. The van der Waals surface area contributed by atoms with Gasteiger partial charge in [-0.05, 0) is 37.1 Å². The van der Waals surface area contributed by atoms with Gasteiger partial charge in [0.1, 0.15) is 5.82 Å². The standard InChI is InChI=1S/C19H26FN3O/c20-16-5-7-17(8-6-16)21-9-11-22(12-10-21)18-13-23(14-18)19(24)15-3-1-2-4-15/h5-8,15,18H,1-4,9-14H2. The van der Waals surface area contributed by atoms with Gasteiger partial charge in [-0.2, -0.15) is 0 Å². The first kappa shape index (κ1) is 15.9. The van der Waals surface area contributed by atoms with Gasteiger partial charge < -0.3 is 9.80 Å². The molecule has 2 saturated heterocycles. The van der Waals surface area contributed by atoms with E-state index in [0.717, 1.165) is 57.8 Å². The third kappa shape index (κ3) is 3.14. The van der Waals surface area contributed by atoms with E-state index in [1.165, 1.54) is 25.0 Å². The van der Waals surface area contributed by atoms with Crippen molar-refractivity contribution in [3.05, 3.63) is 30.1 Å². The quantitative estimate of drug-likeness (QED) is 0.851. The molecule has 3 aliphatic rings. The smallest absolute Gasteiger partial charge is 0.225 e. The zero-order valence-corrected chi connectivity index (χ0v) is 14.2. The molecular weight excluding hydrogens is 305 g/mol. The molecule has 5 heteroatoms. The van der Waals surface area contributed by atoms with E-state index in [9.17, 15) is 9.18 Å². The zero-order chi connectivity index (χ0) is 16.5. The summed E-state index contributed by atoms with van der Waals surface area (Å²) in [7, 11) is 0. The molecule has 0 bridgehead atoms. The van der Waals surface area contributed by atoms with Gasteiger partial charge in [-0.1, -0.05) is 12.8 Å². The lowest BCUT2D eigenvalue weighted by Gasteiger charge is -2.49. The van der Waals surface area contributed by atoms with Crippen LogP contribution in [0.3, 0.4) is 0 Å². The molecule has 0 aromatic heterocycles. The van der Waals surface area contributed by atoms with Crippen LogP contribution in [0.15, 0.2) is 24.3 Å². The van der Waals surface area contributed by atoms with Gasteiger partial charge in [-0.25, -0.2) is 4.39 Å². The first-order chi connectivity index (χ1) is 11.7. The molecule has 4 nitrogen and oxygen atoms in total. The second-order valence-electron chi connectivity index (χ2n) is 7.38. The molecule has 0 spiro atoms. The van der Waals surface area contributed by atoms with Gasteiger partial charge in [0.2, 0.25) is 5.91 Å². The number of carbonyl (C=O) groups is 1. The lowest BCUT2D eigenvalue weighted by molar-refractivity contribution is -0.143. The Hall–Kier alpha value is -1.62. The van der Waals surface area contributed by atoms with Crippen LogP contribution in [0.2, 0.25) is 0 Å². The van der Waals surface area contributed by atoms with Crippen molar-refractivity contribution in [2.75, 3.05) is 44.2 Å². The van der Waals surface area contributed by atoms with Crippen LogP contribution >= 0.6 is 0 Å². The van der Waals surface area contributed by atoms with Gasteiger partial charge in [-0.3, -0.25) is 9.69 Å². The van der Waals surface area contributed by atoms with Crippen molar-refractivity contribution in [1.82, 2.24) is 9.80 Å². The SMILES string of the molecule is O=C(C1CCCC1)N1CC(N2CCN(c3ccc(F)cc3)CC2)C1. The van der Waals surface area contributed by atoms with E-state index in [-0.39, 0.29) is 5.82 Å². The van der Waals surface area contributed by atoms with Gasteiger partial charge in [0.25, 0.3) is 0 Å². The molecule has 24 heavy (non-hydrogen) atoms. The maximum absolute atomic E-state index is 13.0. The molecule has 130 valence electrons. The lowest BCUT2D eigenvalue weighted by atomic mass is 10.00. The number of likely N-dealkylation sites (tertiary alicyclic amines) is 1. The van der Waals surface area contributed by atoms with Gasteiger partial charge in [0.15, 0.2) is 0 Å². The number of hydrogen-bond donors (Lipinski definition) is 0. The Bertz CT molecular complexity index is 571. The fourth-order valence-corrected chi connectivity index (χ4v) is 4.29. The normalized spacial score (nSPS) is 23.5. The van der Waals surface area contributed by atoms with Crippen molar-refractivity contribution in [1.29, 1.82) is 0 Å². The Morgan fingerprint density at radius 1 is 0.958 bits per heavy atom. The van der Waals surface area contributed by atoms with E-state index in [4.69, 9.17) is 0 Å². The van der Waals surface area contributed by atoms with Crippen LogP contribution in [-0.4, -0.2) is 61.0 Å². The summed E-state index contributed by atoms with van der Waals surface area (Å²) in [4.78, 5) is 19.3. The van der Waals surface area contributed by atoms with Crippen LogP contribution in [-0.2, 0) is 4.79 Å². The predicted octanol–water partition coefficient (Wildman–Crippen LogP) is 2.35. The van der Waals surface area contributed by atoms with Gasteiger partial charge >= 0.3 is 0 Å². The molecule has 0 atom stereocenters. The van der Waals surface area contributed by atoms with Crippen molar-refractivity contribution in [2.24, 2.45) is 5.92 Å². The third-order valence-corrected chi connectivity index (χ3v) is 5.90. The predicted molar refractivity (Wildman–Crippen MR) is 92.5 cm³/mol. The van der Waals surface area contributed by atoms with E-state index in [2.05, 4.69) is 14.7 Å². The summed E-state index contributed by atoms with van der Waals surface area (Å²) in [6.45, 7) is 5.80. The van der Waals surface area contributed by atoms with E-state index in [1.807, 2.05) is 12.1 Å². The highest BCUT2D eigenvalue weighted by Gasteiger charge is 2.38. The van der Waals surface area contributed by atoms with Crippen molar-refractivity contribution >= 4 is 11.6 Å². The Balaban J connectivity index is 1.24. The van der Waals surface area contributed by atoms with Gasteiger partial charge in [-0.15, -0.1) is 0 Å². The highest BCUT2D eigenvalue weighted by atomic mass is 19.1. The molecule has 0 unspecified atom stereocenters. The second kappa shape index (κ2) is 6.71. The average Bonchev–Trinajstić information content (AvgIpc) is 3.09. The number of hydrogen-bond acceptors (Lipinski definition) is 3. The summed E-state index contributed by atoms with van der Waals surface area (Å²) in [5.41, 5.74) is 1.10. The van der Waals surface area contributed by atoms with E-state index in [1.54, 1.807) is 0 Å². The first-order valence-electron chi connectivity index (χ1n) is 9.24. The molecule has 2 aliphatic heterocycles. The van der Waals surface area contributed by atoms with E-state index in [0.29, 0.717) is 17.9 Å². The third-order valence-electron chi connectivity index (χ3n) is 5.90. The fourth-order valence-electron chi connectivity index (χ4n) is 4.29. The van der Waals surface area contributed by atoms with Crippen molar-refractivity contribution in [2.45, 2.75) is 31.7 Å². The minimum Gasteiger partial charge on any atom is -0.369 e. The van der Waals surface area contributed by atoms with Crippen LogP contribution in [0.25, 0.3) is 0 Å². The summed E-state index contributed by atoms with van der Waals surface area (Å²) in [5, 5.41) is 0. The largest absolute Gasteiger partial charge is 0.369 e. The molecular formula is C19H26FN3O. The number of nitrogens with zero attached hydrogens (tertiary/aromatic N) is 3. The zero-order valence-electron chi connectivity index (χ0n) is 14.2. The van der Waals surface area contributed by atoms with Crippen molar-refractivity contribution < 1.29 is 9.18 Å². The minimum absolute atomic E-state index is 0.182. The topological polar surface area (TPSA) is 26.8 Å². The number of benzene rings is 1. The van der Waals surface area contributed by atoms with Gasteiger partial charge in [0, 0.05) is 56.9 Å². The molecule has 1 amide bonds. The van der Waals surface area contributed by atoms with Crippen molar-refractivity contribution in [3.8, 4) is 0 Å². The Morgan fingerprint density at radius 2 is 1.58 bits per heavy atom. The number of amides is 1. The number of carbonyl (C=O) groups excluding carboxylic acids is 1. The van der Waals surface area contributed by atoms with Crippen LogP contribution in [0.1, 0.15) is 25.7 Å². The number of halogens is 1.